The molecule has 2 rings (SSSR count). The molecule has 1 heterocycles. The Hall–Kier alpha value is -2.45. The highest BCUT2D eigenvalue weighted by molar-refractivity contribution is 5.68. The van der Waals surface area contributed by atoms with Gasteiger partial charge in [0.05, 0.1) is 12.2 Å². The summed E-state index contributed by atoms with van der Waals surface area (Å²) in [6, 6.07) is 4.59. The first-order valence-electron chi connectivity index (χ1n) is 7.01. The average molecular weight is 328 g/mol. The van der Waals surface area contributed by atoms with Gasteiger partial charge in [0.15, 0.2) is 6.54 Å². The van der Waals surface area contributed by atoms with E-state index in [1.807, 2.05) is 6.92 Å². The number of halogens is 3. The summed E-state index contributed by atoms with van der Waals surface area (Å²) in [5.74, 6) is -0.510. The van der Waals surface area contributed by atoms with Crippen molar-refractivity contribution in [1.82, 2.24) is 20.2 Å². The molecule has 0 aliphatic heterocycles. The molecule has 9 heteroatoms. The van der Waals surface area contributed by atoms with Gasteiger partial charge >= 0.3 is 12.1 Å². The van der Waals surface area contributed by atoms with Crippen LogP contribution in [0.4, 0.5) is 13.2 Å². The Balaban J connectivity index is 2.06. The molecule has 23 heavy (non-hydrogen) atoms. The van der Waals surface area contributed by atoms with Crippen molar-refractivity contribution in [1.29, 1.82) is 0 Å². The van der Waals surface area contributed by atoms with Crippen LogP contribution < -0.4 is 0 Å². The van der Waals surface area contributed by atoms with Crippen LogP contribution in [0.2, 0.25) is 0 Å². The number of hydrogen-bond donors (Lipinski definition) is 0. The van der Waals surface area contributed by atoms with Crippen LogP contribution >= 0.6 is 0 Å². The predicted molar refractivity (Wildman–Crippen MR) is 74.1 cm³/mol. The van der Waals surface area contributed by atoms with Crippen LogP contribution in [0, 0.1) is 0 Å². The van der Waals surface area contributed by atoms with Crippen molar-refractivity contribution in [2.24, 2.45) is 0 Å². The molecule has 0 fully saturated rings. The molecule has 0 spiro atoms. The molecular weight excluding hydrogens is 313 g/mol. The van der Waals surface area contributed by atoms with E-state index in [-0.39, 0.29) is 17.9 Å². The second kappa shape index (κ2) is 7.21. The van der Waals surface area contributed by atoms with E-state index in [9.17, 15) is 18.0 Å². The smallest absolute Gasteiger partial charge is 0.416 e. The van der Waals surface area contributed by atoms with E-state index in [1.54, 1.807) is 0 Å². The molecule has 0 saturated heterocycles. The quantitative estimate of drug-likeness (QED) is 0.602. The predicted octanol–water partition coefficient (Wildman–Crippen LogP) is 2.70. The van der Waals surface area contributed by atoms with E-state index >= 15 is 0 Å². The minimum Gasteiger partial charge on any atom is -0.464 e. The summed E-state index contributed by atoms with van der Waals surface area (Å²) in [6.07, 6.45) is -2.80. The fourth-order valence-electron chi connectivity index (χ4n) is 1.75. The number of tetrazole rings is 1. The SMILES string of the molecule is CCCCOC(=O)Cn1nnc(-c2cccc(C(F)(F)F)c2)n1. The molecule has 124 valence electrons. The number of ether oxygens (including phenoxy) is 1. The molecule has 6 nitrogen and oxygen atoms in total. The molecule has 0 atom stereocenters. The Morgan fingerprint density at radius 2 is 2.13 bits per heavy atom. The number of hydrogen-bond acceptors (Lipinski definition) is 5. The number of alkyl halides is 3. The molecule has 2 aromatic rings. The summed E-state index contributed by atoms with van der Waals surface area (Å²) in [5, 5.41) is 11.2. The molecular formula is C14H15F3N4O2. The molecule has 0 N–H and O–H groups in total. The van der Waals surface area contributed by atoms with Gasteiger partial charge < -0.3 is 4.74 Å². The van der Waals surface area contributed by atoms with Crippen molar-refractivity contribution in [3.8, 4) is 11.4 Å². The summed E-state index contributed by atoms with van der Waals surface area (Å²) in [6.45, 7) is 2.04. The van der Waals surface area contributed by atoms with Gasteiger partial charge in [-0.05, 0) is 23.8 Å². The molecule has 0 aliphatic carbocycles. The Kier molecular flexibility index (Phi) is 5.30. The zero-order chi connectivity index (χ0) is 16.9. The summed E-state index contributed by atoms with van der Waals surface area (Å²) in [7, 11) is 0. The number of nitrogens with zero attached hydrogens (tertiary/aromatic N) is 4. The molecule has 0 unspecified atom stereocenters. The van der Waals surface area contributed by atoms with Crippen LogP contribution in [-0.2, 0) is 22.3 Å². The van der Waals surface area contributed by atoms with Crippen LogP contribution in [0.15, 0.2) is 24.3 Å². The number of carbonyl (C=O) groups is 1. The molecule has 0 bridgehead atoms. The third-order valence-corrected chi connectivity index (χ3v) is 2.93. The van der Waals surface area contributed by atoms with E-state index in [0.717, 1.165) is 29.8 Å². The minimum absolute atomic E-state index is 0.0115. The molecule has 1 aromatic carbocycles. The van der Waals surface area contributed by atoms with Gasteiger partial charge in [0.1, 0.15) is 0 Å². The largest absolute Gasteiger partial charge is 0.464 e. The maximum absolute atomic E-state index is 12.7. The average Bonchev–Trinajstić information content (AvgIpc) is 2.95. The van der Waals surface area contributed by atoms with Crippen LogP contribution in [0.5, 0.6) is 0 Å². The van der Waals surface area contributed by atoms with Crippen LogP contribution in [0.1, 0.15) is 25.3 Å². The monoisotopic (exact) mass is 328 g/mol. The van der Waals surface area contributed by atoms with E-state index in [4.69, 9.17) is 4.74 Å². The molecule has 0 saturated carbocycles. The van der Waals surface area contributed by atoms with Gasteiger partial charge in [-0.15, -0.1) is 10.2 Å². The van der Waals surface area contributed by atoms with Gasteiger partial charge in [-0.3, -0.25) is 0 Å². The fourth-order valence-corrected chi connectivity index (χ4v) is 1.75. The lowest BCUT2D eigenvalue weighted by Gasteiger charge is -2.06. The van der Waals surface area contributed by atoms with Crippen molar-refractivity contribution in [2.75, 3.05) is 6.61 Å². The van der Waals surface area contributed by atoms with E-state index < -0.39 is 17.7 Å². The van der Waals surface area contributed by atoms with E-state index in [0.29, 0.717) is 6.61 Å². The first-order valence-corrected chi connectivity index (χ1v) is 7.01. The highest BCUT2D eigenvalue weighted by Crippen LogP contribution is 2.31. The molecule has 0 amide bonds. The lowest BCUT2D eigenvalue weighted by atomic mass is 10.1. The third kappa shape index (κ3) is 4.76. The molecule has 1 aromatic heterocycles. The van der Waals surface area contributed by atoms with E-state index in [1.165, 1.54) is 12.1 Å². The lowest BCUT2D eigenvalue weighted by molar-refractivity contribution is -0.145. The lowest BCUT2D eigenvalue weighted by Crippen LogP contribution is -2.16. The third-order valence-electron chi connectivity index (χ3n) is 2.93. The number of unbranched alkanes of at least 4 members (excludes halogenated alkanes) is 1. The van der Waals surface area contributed by atoms with Crippen LogP contribution in [0.3, 0.4) is 0 Å². The summed E-state index contributed by atoms with van der Waals surface area (Å²) >= 11 is 0. The van der Waals surface area contributed by atoms with Crippen molar-refractivity contribution in [3.05, 3.63) is 29.8 Å². The Labute approximate surface area is 130 Å². The summed E-state index contributed by atoms with van der Waals surface area (Å²) in [4.78, 5) is 12.5. The second-order valence-corrected chi connectivity index (χ2v) is 4.80. The van der Waals surface area contributed by atoms with Gasteiger partial charge in [-0.2, -0.15) is 18.0 Å². The van der Waals surface area contributed by atoms with Crippen LogP contribution in [-0.4, -0.2) is 32.8 Å². The van der Waals surface area contributed by atoms with Crippen molar-refractivity contribution >= 4 is 5.97 Å². The topological polar surface area (TPSA) is 69.9 Å². The maximum Gasteiger partial charge on any atom is 0.416 e. The van der Waals surface area contributed by atoms with Crippen molar-refractivity contribution in [2.45, 2.75) is 32.5 Å². The van der Waals surface area contributed by atoms with Crippen molar-refractivity contribution < 1.29 is 22.7 Å². The van der Waals surface area contributed by atoms with Gasteiger partial charge in [0.2, 0.25) is 5.82 Å². The van der Waals surface area contributed by atoms with Gasteiger partial charge in [-0.1, -0.05) is 25.5 Å². The molecule has 0 aliphatic rings. The standard InChI is InChI=1S/C14H15F3N4O2/c1-2-3-7-23-12(22)9-21-19-13(18-20-21)10-5-4-6-11(8-10)14(15,16)17/h4-6,8H,2-3,7,9H2,1H3. The number of rotatable bonds is 6. The highest BCUT2D eigenvalue weighted by atomic mass is 19.4. The van der Waals surface area contributed by atoms with Crippen molar-refractivity contribution in [3.63, 3.8) is 0 Å². The zero-order valence-electron chi connectivity index (χ0n) is 12.4. The minimum atomic E-state index is -4.45. The van der Waals surface area contributed by atoms with Gasteiger partial charge in [0, 0.05) is 5.56 Å². The van der Waals surface area contributed by atoms with Gasteiger partial charge in [-0.25, -0.2) is 4.79 Å². The number of benzene rings is 1. The second-order valence-electron chi connectivity index (χ2n) is 4.80. The maximum atomic E-state index is 12.7. The molecule has 0 radical (unpaired) electrons. The number of esters is 1. The normalized spacial score (nSPS) is 11.5. The summed E-state index contributed by atoms with van der Waals surface area (Å²) in [5.41, 5.74) is -0.629. The Morgan fingerprint density at radius 1 is 1.35 bits per heavy atom. The Morgan fingerprint density at radius 3 is 2.83 bits per heavy atom. The highest BCUT2D eigenvalue weighted by Gasteiger charge is 2.30. The fraction of sp³-hybridized carbons (Fsp3) is 0.429. The number of aromatic nitrogens is 4. The van der Waals surface area contributed by atoms with E-state index in [2.05, 4.69) is 15.4 Å². The first kappa shape index (κ1) is 16.9. The zero-order valence-corrected chi connectivity index (χ0v) is 12.4. The number of carbonyl (C=O) groups excluding carboxylic acids is 1. The van der Waals surface area contributed by atoms with Gasteiger partial charge in [0.25, 0.3) is 0 Å². The first-order chi connectivity index (χ1) is 10.9. The Bertz CT molecular complexity index is 670. The summed E-state index contributed by atoms with van der Waals surface area (Å²) < 4.78 is 43.0. The van der Waals surface area contributed by atoms with Crippen LogP contribution in [0.25, 0.3) is 11.4 Å².